The van der Waals surface area contributed by atoms with Gasteiger partial charge < -0.3 is 5.32 Å². The minimum Gasteiger partial charge on any atom is -0.335 e. The van der Waals surface area contributed by atoms with Gasteiger partial charge in [-0.15, -0.1) is 0 Å². The lowest BCUT2D eigenvalue weighted by molar-refractivity contribution is -0.108. The second kappa shape index (κ2) is 4.78. The minimum absolute atomic E-state index is 0.184. The molecule has 2 nitrogen and oxygen atoms in total. The van der Waals surface area contributed by atoms with Crippen molar-refractivity contribution in [1.82, 2.24) is 5.32 Å². The molecule has 15 heavy (non-hydrogen) atoms. The van der Waals surface area contributed by atoms with Crippen LogP contribution in [0.15, 0.2) is 30.5 Å². The molecule has 0 aliphatic heterocycles. The van der Waals surface area contributed by atoms with E-state index in [1.807, 2.05) is 18.2 Å². The van der Waals surface area contributed by atoms with Crippen LogP contribution in [-0.4, -0.2) is 6.41 Å². The highest BCUT2D eigenvalue weighted by Gasteiger charge is 2.12. The van der Waals surface area contributed by atoms with Gasteiger partial charge in [-0.05, 0) is 22.6 Å². The van der Waals surface area contributed by atoms with Crippen molar-refractivity contribution in [3.8, 4) is 0 Å². The zero-order valence-corrected chi connectivity index (χ0v) is 9.45. The molecule has 0 bridgehead atoms. The average Bonchev–Trinajstić information content (AvgIpc) is 2.18. The maximum absolute atomic E-state index is 10.0. The Hall–Kier alpha value is -1.57. The fraction of sp³-hybridized carbons (Fsp3) is 0.308. The van der Waals surface area contributed by atoms with Crippen LogP contribution in [0.5, 0.6) is 0 Å². The van der Waals surface area contributed by atoms with Gasteiger partial charge in [-0.3, -0.25) is 4.79 Å². The molecule has 0 radical (unpaired) electrons. The summed E-state index contributed by atoms with van der Waals surface area (Å²) in [5.74, 6) is 0. The number of hydrogen-bond acceptors (Lipinski definition) is 1. The highest BCUT2D eigenvalue weighted by Crippen LogP contribution is 2.22. The maximum atomic E-state index is 10.0. The van der Waals surface area contributed by atoms with Crippen molar-refractivity contribution < 1.29 is 4.79 Å². The molecule has 2 heteroatoms. The molecule has 0 fully saturated rings. The second-order valence-corrected chi connectivity index (χ2v) is 4.49. The van der Waals surface area contributed by atoms with Gasteiger partial charge in [-0.25, -0.2) is 0 Å². The maximum Gasteiger partial charge on any atom is 0.211 e. The normalized spacial score (nSPS) is 11.7. The zero-order chi connectivity index (χ0) is 11.3. The Morgan fingerprint density at radius 1 is 1.13 bits per heavy atom. The summed E-state index contributed by atoms with van der Waals surface area (Å²) in [6, 6.07) is 8.31. The Balaban J connectivity index is 2.77. The van der Waals surface area contributed by atoms with Gasteiger partial charge in [0.1, 0.15) is 0 Å². The summed E-state index contributed by atoms with van der Waals surface area (Å²) in [6.45, 7) is 6.56. The minimum atomic E-state index is 0.184. The van der Waals surface area contributed by atoms with Gasteiger partial charge in [-0.1, -0.05) is 45.0 Å². The van der Waals surface area contributed by atoms with Crippen molar-refractivity contribution >= 4 is 12.5 Å². The SMILES string of the molecule is CC(C)(C)c1ccc(/C=C/NC=O)cc1. The molecular weight excluding hydrogens is 186 g/mol. The third-order valence-electron chi connectivity index (χ3n) is 2.22. The lowest BCUT2D eigenvalue weighted by Crippen LogP contribution is -2.10. The number of rotatable bonds is 3. The summed E-state index contributed by atoms with van der Waals surface area (Å²) in [7, 11) is 0. The van der Waals surface area contributed by atoms with Crippen LogP contribution in [-0.2, 0) is 10.2 Å². The van der Waals surface area contributed by atoms with E-state index in [9.17, 15) is 4.79 Å². The van der Waals surface area contributed by atoms with Crippen LogP contribution >= 0.6 is 0 Å². The van der Waals surface area contributed by atoms with Gasteiger partial charge in [0.05, 0.1) is 0 Å². The molecule has 1 aromatic carbocycles. The molecule has 0 atom stereocenters. The Morgan fingerprint density at radius 2 is 1.73 bits per heavy atom. The van der Waals surface area contributed by atoms with Crippen molar-refractivity contribution in [2.24, 2.45) is 0 Å². The number of benzene rings is 1. The number of carbonyl (C=O) groups excluding carboxylic acids is 1. The molecule has 0 aliphatic carbocycles. The van der Waals surface area contributed by atoms with E-state index >= 15 is 0 Å². The number of hydrogen-bond donors (Lipinski definition) is 1. The number of amides is 1. The van der Waals surface area contributed by atoms with E-state index < -0.39 is 0 Å². The van der Waals surface area contributed by atoms with Crippen LogP contribution < -0.4 is 5.32 Å². The van der Waals surface area contributed by atoms with E-state index in [1.165, 1.54) is 5.56 Å². The average molecular weight is 203 g/mol. The Bertz CT molecular complexity index is 344. The summed E-state index contributed by atoms with van der Waals surface area (Å²) >= 11 is 0. The lowest BCUT2D eigenvalue weighted by Gasteiger charge is -2.18. The Labute approximate surface area is 91.0 Å². The van der Waals surface area contributed by atoms with Crippen LogP contribution in [0.4, 0.5) is 0 Å². The van der Waals surface area contributed by atoms with Crippen LogP contribution in [0.2, 0.25) is 0 Å². The fourth-order valence-corrected chi connectivity index (χ4v) is 1.28. The van der Waals surface area contributed by atoms with E-state index in [4.69, 9.17) is 0 Å². The first-order chi connectivity index (χ1) is 7.04. The topological polar surface area (TPSA) is 29.1 Å². The predicted molar refractivity (Wildman–Crippen MR) is 63.4 cm³/mol. The number of nitrogens with one attached hydrogen (secondary N) is 1. The second-order valence-electron chi connectivity index (χ2n) is 4.49. The van der Waals surface area contributed by atoms with Crippen LogP contribution in [0.3, 0.4) is 0 Å². The predicted octanol–water partition coefficient (Wildman–Crippen LogP) is 2.70. The third-order valence-corrected chi connectivity index (χ3v) is 2.22. The largest absolute Gasteiger partial charge is 0.335 e. The summed E-state index contributed by atoms with van der Waals surface area (Å²) in [6.07, 6.45) is 4.14. The molecule has 1 aromatic rings. The highest BCUT2D eigenvalue weighted by molar-refractivity contribution is 5.55. The van der Waals surface area contributed by atoms with Crippen molar-refractivity contribution in [2.75, 3.05) is 0 Å². The van der Waals surface area contributed by atoms with E-state index in [2.05, 4.69) is 38.2 Å². The molecule has 1 amide bonds. The fourth-order valence-electron chi connectivity index (χ4n) is 1.28. The van der Waals surface area contributed by atoms with E-state index in [0.29, 0.717) is 6.41 Å². The molecular formula is C13H17NO. The van der Waals surface area contributed by atoms with Crippen LogP contribution in [0.25, 0.3) is 6.08 Å². The molecule has 0 aliphatic rings. The van der Waals surface area contributed by atoms with Gasteiger partial charge in [0.15, 0.2) is 0 Å². The van der Waals surface area contributed by atoms with Crippen LogP contribution in [0, 0.1) is 0 Å². The van der Waals surface area contributed by atoms with Crippen LogP contribution in [0.1, 0.15) is 31.9 Å². The molecule has 0 heterocycles. The third kappa shape index (κ3) is 3.58. The van der Waals surface area contributed by atoms with Gasteiger partial charge in [-0.2, -0.15) is 0 Å². The zero-order valence-electron chi connectivity index (χ0n) is 9.45. The monoisotopic (exact) mass is 203 g/mol. The first-order valence-electron chi connectivity index (χ1n) is 5.01. The molecule has 0 spiro atoms. The molecule has 0 aromatic heterocycles. The van der Waals surface area contributed by atoms with Gasteiger partial charge in [0.25, 0.3) is 0 Å². The van der Waals surface area contributed by atoms with Gasteiger partial charge >= 0.3 is 0 Å². The number of carbonyl (C=O) groups is 1. The first kappa shape index (κ1) is 11.5. The summed E-state index contributed by atoms with van der Waals surface area (Å²) in [4.78, 5) is 10.0. The summed E-state index contributed by atoms with van der Waals surface area (Å²) in [5, 5.41) is 2.48. The molecule has 0 unspecified atom stereocenters. The van der Waals surface area contributed by atoms with E-state index in [0.717, 1.165) is 5.56 Å². The molecule has 1 rings (SSSR count). The molecule has 0 saturated carbocycles. The van der Waals surface area contributed by atoms with Gasteiger partial charge in [0, 0.05) is 6.20 Å². The van der Waals surface area contributed by atoms with Crippen molar-refractivity contribution in [3.05, 3.63) is 41.6 Å². The van der Waals surface area contributed by atoms with E-state index in [1.54, 1.807) is 6.20 Å². The van der Waals surface area contributed by atoms with Crippen molar-refractivity contribution in [3.63, 3.8) is 0 Å². The smallest absolute Gasteiger partial charge is 0.211 e. The van der Waals surface area contributed by atoms with E-state index in [-0.39, 0.29) is 5.41 Å². The Kier molecular flexibility index (Phi) is 3.67. The van der Waals surface area contributed by atoms with Crippen molar-refractivity contribution in [1.29, 1.82) is 0 Å². The lowest BCUT2D eigenvalue weighted by atomic mass is 9.87. The highest BCUT2D eigenvalue weighted by atomic mass is 16.1. The molecule has 80 valence electrons. The Morgan fingerprint density at radius 3 is 2.20 bits per heavy atom. The standard InChI is InChI=1S/C13H17NO/c1-13(2,3)12-6-4-11(5-7-12)8-9-14-10-15/h4-10H,1-3H3,(H,14,15)/b9-8+. The summed E-state index contributed by atoms with van der Waals surface area (Å²) < 4.78 is 0. The quantitative estimate of drug-likeness (QED) is 0.752. The summed E-state index contributed by atoms with van der Waals surface area (Å²) in [5.41, 5.74) is 2.57. The van der Waals surface area contributed by atoms with Crippen molar-refractivity contribution in [2.45, 2.75) is 26.2 Å². The molecule has 1 N–H and O–H groups in total. The first-order valence-corrected chi connectivity index (χ1v) is 5.01. The molecule has 0 saturated heterocycles. The van der Waals surface area contributed by atoms with Gasteiger partial charge in [0.2, 0.25) is 6.41 Å².